The second-order valence-electron chi connectivity index (χ2n) is 6.90. The molecule has 0 unspecified atom stereocenters. The summed E-state index contributed by atoms with van der Waals surface area (Å²) in [5.74, 6) is -0.270. The number of amides is 1. The molecular weight excluding hydrogens is 364 g/mol. The van der Waals surface area contributed by atoms with Crippen molar-refractivity contribution >= 4 is 5.91 Å². The minimum absolute atomic E-state index is 0.0531. The number of rotatable bonds is 7. The highest BCUT2D eigenvalue weighted by Crippen LogP contribution is 2.29. The zero-order chi connectivity index (χ0) is 20.5. The molecule has 29 heavy (non-hydrogen) atoms. The molecule has 1 aliphatic rings. The van der Waals surface area contributed by atoms with Gasteiger partial charge in [-0.15, -0.1) is 0 Å². The molecule has 2 N–H and O–H groups in total. The maximum Gasteiger partial charge on any atom is 0.266 e. The predicted molar refractivity (Wildman–Crippen MR) is 112 cm³/mol. The lowest BCUT2D eigenvalue weighted by Crippen LogP contribution is -2.50. The molecule has 0 radical (unpaired) electrons. The van der Waals surface area contributed by atoms with Crippen molar-refractivity contribution in [2.24, 2.45) is 0 Å². The van der Waals surface area contributed by atoms with Crippen molar-refractivity contribution in [3.05, 3.63) is 83.6 Å². The van der Waals surface area contributed by atoms with Crippen LogP contribution in [-0.4, -0.2) is 60.1 Å². The molecule has 0 atom stereocenters. The highest BCUT2D eigenvalue weighted by Gasteiger charge is 2.29. The largest absolute Gasteiger partial charge is 0.395 e. The number of benzene rings is 2. The van der Waals surface area contributed by atoms with Crippen LogP contribution in [0.15, 0.2) is 72.4 Å². The van der Waals surface area contributed by atoms with Gasteiger partial charge in [0.05, 0.1) is 12.6 Å². The average molecular weight is 390 g/mol. The zero-order valence-electron chi connectivity index (χ0n) is 16.4. The lowest BCUT2D eigenvalue weighted by atomic mass is 9.96. The molecule has 0 aromatic heterocycles. The maximum absolute atomic E-state index is 12.7. The highest BCUT2D eigenvalue weighted by atomic mass is 16.3. The molecule has 0 spiro atoms. The number of nitrogens with one attached hydrogen (secondary N) is 1. The molecule has 1 amide bonds. The van der Waals surface area contributed by atoms with Crippen LogP contribution in [0.5, 0.6) is 0 Å². The molecule has 0 saturated carbocycles. The first-order chi connectivity index (χ1) is 14.2. The topological polar surface area (TPSA) is 79.6 Å². The van der Waals surface area contributed by atoms with Crippen molar-refractivity contribution in [3.63, 3.8) is 0 Å². The van der Waals surface area contributed by atoms with Crippen LogP contribution in [0.3, 0.4) is 0 Å². The van der Waals surface area contributed by atoms with Crippen LogP contribution >= 0.6 is 0 Å². The second-order valence-corrected chi connectivity index (χ2v) is 6.90. The number of nitrogens with zero attached hydrogens (tertiary/aromatic N) is 3. The van der Waals surface area contributed by atoms with Crippen LogP contribution in [0.25, 0.3) is 0 Å². The summed E-state index contributed by atoms with van der Waals surface area (Å²) >= 11 is 0. The van der Waals surface area contributed by atoms with Crippen LogP contribution in [-0.2, 0) is 4.79 Å². The molecule has 0 aliphatic carbocycles. The van der Waals surface area contributed by atoms with Crippen LogP contribution in [0.4, 0.5) is 0 Å². The third-order valence-corrected chi connectivity index (χ3v) is 5.05. The smallest absolute Gasteiger partial charge is 0.266 e. The Morgan fingerprint density at radius 2 is 1.59 bits per heavy atom. The third-order valence-electron chi connectivity index (χ3n) is 5.05. The number of carbonyl (C=O) groups is 1. The van der Waals surface area contributed by atoms with Gasteiger partial charge in [-0.05, 0) is 11.1 Å². The van der Waals surface area contributed by atoms with E-state index in [1.165, 1.54) is 17.3 Å². The van der Waals surface area contributed by atoms with E-state index in [0.717, 1.165) is 13.1 Å². The Bertz CT molecular complexity index is 814. The minimum atomic E-state index is -0.270. The summed E-state index contributed by atoms with van der Waals surface area (Å²) in [6.45, 7) is 2.83. The van der Waals surface area contributed by atoms with E-state index in [1.54, 1.807) is 4.90 Å². The summed E-state index contributed by atoms with van der Waals surface area (Å²) in [7, 11) is 0. The SMILES string of the molecule is N#C/C(=C/NCCO)C(=O)N1CCN(C(c2ccccc2)c2ccccc2)CC1. The quantitative estimate of drug-likeness (QED) is 0.429. The number of carbonyl (C=O) groups excluding carboxylic acids is 1. The van der Waals surface area contributed by atoms with Gasteiger partial charge in [-0.25, -0.2) is 0 Å². The van der Waals surface area contributed by atoms with Gasteiger partial charge in [-0.3, -0.25) is 9.69 Å². The van der Waals surface area contributed by atoms with Gasteiger partial charge in [-0.1, -0.05) is 60.7 Å². The van der Waals surface area contributed by atoms with E-state index >= 15 is 0 Å². The number of aliphatic hydroxyl groups is 1. The number of piperazine rings is 1. The molecule has 1 heterocycles. The molecule has 6 nitrogen and oxygen atoms in total. The Hall–Kier alpha value is -3.14. The molecule has 150 valence electrons. The predicted octanol–water partition coefficient (Wildman–Crippen LogP) is 1.91. The van der Waals surface area contributed by atoms with Crippen LogP contribution in [0.2, 0.25) is 0 Å². The summed E-state index contributed by atoms with van der Waals surface area (Å²) in [5.41, 5.74) is 2.52. The molecule has 1 fully saturated rings. The summed E-state index contributed by atoms with van der Waals surface area (Å²) in [4.78, 5) is 16.8. The Morgan fingerprint density at radius 1 is 1.03 bits per heavy atom. The Morgan fingerprint density at radius 3 is 2.07 bits per heavy atom. The van der Waals surface area contributed by atoms with E-state index in [4.69, 9.17) is 5.11 Å². The van der Waals surface area contributed by atoms with Gasteiger partial charge in [-0.2, -0.15) is 5.26 Å². The first kappa shape index (κ1) is 20.6. The Balaban J connectivity index is 1.71. The average Bonchev–Trinajstić information content (AvgIpc) is 2.78. The van der Waals surface area contributed by atoms with Gasteiger partial charge in [0.2, 0.25) is 0 Å². The monoisotopic (exact) mass is 390 g/mol. The van der Waals surface area contributed by atoms with Crippen molar-refractivity contribution in [2.75, 3.05) is 39.3 Å². The Kier molecular flexibility index (Phi) is 7.40. The molecule has 2 aromatic rings. The van der Waals surface area contributed by atoms with E-state index in [2.05, 4.69) is 58.7 Å². The lowest BCUT2D eigenvalue weighted by Gasteiger charge is -2.39. The van der Waals surface area contributed by atoms with Gasteiger partial charge in [0.1, 0.15) is 11.6 Å². The fraction of sp³-hybridized carbons (Fsp3) is 0.304. The first-order valence-corrected chi connectivity index (χ1v) is 9.82. The van der Waals surface area contributed by atoms with Gasteiger partial charge in [0.15, 0.2) is 0 Å². The summed E-state index contributed by atoms with van der Waals surface area (Å²) in [6.07, 6.45) is 1.39. The fourth-order valence-corrected chi connectivity index (χ4v) is 3.62. The van der Waals surface area contributed by atoms with Crippen molar-refractivity contribution in [1.29, 1.82) is 5.26 Å². The fourth-order valence-electron chi connectivity index (χ4n) is 3.62. The standard InChI is InChI=1S/C23H26N4O2/c24-17-21(18-25-11-16-28)23(29)27-14-12-26(13-15-27)22(19-7-3-1-4-8-19)20-9-5-2-6-10-20/h1-10,18,22,25,28H,11-16H2/b21-18-. The van der Waals surface area contributed by atoms with Crippen molar-refractivity contribution < 1.29 is 9.90 Å². The number of nitriles is 1. The van der Waals surface area contributed by atoms with Crippen LogP contribution < -0.4 is 5.32 Å². The highest BCUT2D eigenvalue weighted by molar-refractivity contribution is 5.97. The van der Waals surface area contributed by atoms with E-state index in [-0.39, 0.29) is 24.1 Å². The maximum atomic E-state index is 12.7. The first-order valence-electron chi connectivity index (χ1n) is 9.82. The Labute approximate surface area is 171 Å². The molecule has 1 aliphatic heterocycles. The van der Waals surface area contributed by atoms with Gasteiger partial charge >= 0.3 is 0 Å². The zero-order valence-corrected chi connectivity index (χ0v) is 16.4. The number of hydrogen-bond donors (Lipinski definition) is 2. The molecule has 3 rings (SSSR count). The van der Waals surface area contributed by atoms with E-state index in [1.807, 2.05) is 18.2 Å². The molecule has 0 bridgehead atoms. The minimum Gasteiger partial charge on any atom is -0.395 e. The summed E-state index contributed by atoms with van der Waals surface area (Å²) in [6, 6.07) is 22.9. The number of aliphatic hydroxyl groups excluding tert-OH is 1. The van der Waals surface area contributed by atoms with Crippen molar-refractivity contribution in [1.82, 2.24) is 15.1 Å². The summed E-state index contributed by atoms with van der Waals surface area (Å²) < 4.78 is 0. The van der Waals surface area contributed by atoms with Gasteiger partial charge in [0, 0.05) is 38.9 Å². The van der Waals surface area contributed by atoms with E-state index < -0.39 is 0 Å². The van der Waals surface area contributed by atoms with Crippen molar-refractivity contribution in [2.45, 2.75) is 6.04 Å². The second kappa shape index (κ2) is 10.4. The summed E-state index contributed by atoms with van der Waals surface area (Å²) in [5, 5.41) is 20.9. The molecule has 6 heteroatoms. The van der Waals surface area contributed by atoms with Crippen LogP contribution in [0, 0.1) is 11.3 Å². The van der Waals surface area contributed by atoms with Crippen molar-refractivity contribution in [3.8, 4) is 6.07 Å². The number of hydrogen-bond acceptors (Lipinski definition) is 5. The van der Waals surface area contributed by atoms with E-state index in [0.29, 0.717) is 19.6 Å². The third kappa shape index (κ3) is 5.23. The normalized spacial score (nSPS) is 15.2. The van der Waals surface area contributed by atoms with Gasteiger partial charge in [0.25, 0.3) is 5.91 Å². The lowest BCUT2D eigenvalue weighted by molar-refractivity contribution is -0.128. The molecule has 2 aromatic carbocycles. The van der Waals surface area contributed by atoms with E-state index in [9.17, 15) is 10.1 Å². The van der Waals surface area contributed by atoms with Gasteiger partial charge < -0.3 is 15.3 Å². The molecular formula is C23H26N4O2. The molecule has 1 saturated heterocycles. The van der Waals surface area contributed by atoms with Crippen LogP contribution in [0.1, 0.15) is 17.2 Å².